The van der Waals surface area contributed by atoms with Gasteiger partial charge in [-0.1, -0.05) is 23.9 Å². The topological polar surface area (TPSA) is 37.8 Å². The van der Waals surface area contributed by atoms with E-state index in [4.69, 9.17) is 0 Å². The number of rotatable bonds is 4. The first kappa shape index (κ1) is 13.9. The predicted octanol–water partition coefficient (Wildman–Crippen LogP) is 3.98. The van der Waals surface area contributed by atoms with Gasteiger partial charge in [-0.05, 0) is 44.9 Å². The van der Waals surface area contributed by atoms with Crippen LogP contribution in [0.4, 0.5) is 5.82 Å². The molecule has 1 aromatic heterocycles. The van der Waals surface area contributed by atoms with E-state index < -0.39 is 0 Å². The van der Waals surface area contributed by atoms with Crippen molar-refractivity contribution in [3.05, 3.63) is 41.2 Å². The molecule has 0 spiro atoms. The van der Waals surface area contributed by atoms with Crippen molar-refractivity contribution in [3.8, 4) is 0 Å². The van der Waals surface area contributed by atoms with Crippen LogP contribution >= 0.6 is 11.8 Å². The van der Waals surface area contributed by atoms with Gasteiger partial charge in [0.05, 0.1) is 0 Å². The van der Waals surface area contributed by atoms with Crippen molar-refractivity contribution in [2.75, 3.05) is 11.9 Å². The molecule has 0 unspecified atom stereocenters. The number of hydrogen-bond donors (Lipinski definition) is 1. The molecular formula is C15H19N3S. The molecule has 0 bridgehead atoms. The van der Waals surface area contributed by atoms with Gasteiger partial charge in [0.2, 0.25) is 0 Å². The smallest absolute Gasteiger partial charge is 0.133 e. The molecule has 100 valence electrons. The fraction of sp³-hybridized carbons (Fsp3) is 0.333. The van der Waals surface area contributed by atoms with Crippen LogP contribution in [0.25, 0.3) is 0 Å². The average molecular weight is 273 g/mol. The highest BCUT2D eigenvalue weighted by atomic mass is 32.2. The molecule has 0 aliphatic carbocycles. The highest BCUT2D eigenvalue weighted by Gasteiger charge is 2.09. The maximum absolute atomic E-state index is 4.40. The van der Waals surface area contributed by atoms with Gasteiger partial charge in [0.1, 0.15) is 17.2 Å². The number of nitrogens with one attached hydrogen (secondary N) is 1. The lowest BCUT2D eigenvalue weighted by molar-refractivity contribution is 0.989. The summed E-state index contributed by atoms with van der Waals surface area (Å²) in [6.45, 7) is 9.24. The van der Waals surface area contributed by atoms with Crippen LogP contribution in [0, 0.1) is 20.8 Å². The van der Waals surface area contributed by atoms with Crippen LogP contribution in [0.3, 0.4) is 0 Å². The van der Waals surface area contributed by atoms with E-state index in [1.807, 2.05) is 0 Å². The molecule has 2 rings (SSSR count). The third-order valence-corrected chi connectivity index (χ3v) is 4.20. The molecule has 0 radical (unpaired) electrons. The summed E-state index contributed by atoms with van der Waals surface area (Å²) in [5, 5.41) is 4.28. The fourth-order valence-electron chi connectivity index (χ4n) is 1.80. The summed E-state index contributed by atoms with van der Waals surface area (Å²) >= 11 is 1.70. The van der Waals surface area contributed by atoms with Gasteiger partial charge in [0.25, 0.3) is 0 Å². The van der Waals surface area contributed by atoms with Gasteiger partial charge in [-0.25, -0.2) is 9.97 Å². The van der Waals surface area contributed by atoms with E-state index in [-0.39, 0.29) is 0 Å². The maximum atomic E-state index is 4.40. The molecule has 1 heterocycles. The lowest BCUT2D eigenvalue weighted by atomic mass is 10.2. The van der Waals surface area contributed by atoms with E-state index in [2.05, 4.69) is 61.2 Å². The zero-order valence-electron chi connectivity index (χ0n) is 11.8. The van der Waals surface area contributed by atoms with Crippen LogP contribution in [-0.4, -0.2) is 16.5 Å². The molecule has 4 heteroatoms. The van der Waals surface area contributed by atoms with Gasteiger partial charge in [-0.15, -0.1) is 0 Å². The molecule has 19 heavy (non-hydrogen) atoms. The number of benzene rings is 1. The van der Waals surface area contributed by atoms with Crippen molar-refractivity contribution < 1.29 is 0 Å². The first-order chi connectivity index (χ1) is 9.11. The van der Waals surface area contributed by atoms with E-state index in [0.717, 1.165) is 23.0 Å². The molecule has 0 fully saturated rings. The van der Waals surface area contributed by atoms with Crippen molar-refractivity contribution >= 4 is 17.6 Å². The zero-order chi connectivity index (χ0) is 13.8. The SMILES string of the molecule is CCNc1ncnc(Sc2cc(C)ccc2C)c1C. The van der Waals surface area contributed by atoms with Gasteiger partial charge < -0.3 is 5.32 Å². The summed E-state index contributed by atoms with van der Waals surface area (Å²) in [5.41, 5.74) is 3.65. The van der Waals surface area contributed by atoms with Crippen LogP contribution in [0.1, 0.15) is 23.6 Å². The zero-order valence-corrected chi connectivity index (χ0v) is 12.6. The Hall–Kier alpha value is -1.55. The molecular weight excluding hydrogens is 254 g/mol. The van der Waals surface area contributed by atoms with Crippen LogP contribution in [-0.2, 0) is 0 Å². The van der Waals surface area contributed by atoms with Crippen LogP contribution in [0.5, 0.6) is 0 Å². The Morgan fingerprint density at radius 3 is 2.68 bits per heavy atom. The van der Waals surface area contributed by atoms with Gasteiger partial charge in [-0.2, -0.15) is 0 Å². The molecule has 0 aliphatic heterocycles. The largest absolute Gasteiger partial charge is 0.370 e. The minimum absolute atomic E-state index is 0.867. The Balaban J connectivity index is 2.33. The van der Waals surface area contributed by atoms with Crippen LogP contribution in [0.2, 0.25) is 0 Å². The number of aromatic nitrogens is 2. The molecule has 0 amide bonds. The minimum Gasteiger partial charge on any atom is -0.370 e. The van der Waals surface area contributed by atoms with Crippen molar-refractivity contribution in [2.45, 2.75) is 37.6 Å². The lowest BCUT2D eigenvalue weighted by Gasteiger charge is -2.11. The highest BCUT2D eigenvalue weighted by molar-refractivity contribution is 7.99. The van der Waals surface area contributed by atoms with E-state index in [9.17, 15) is 0 Å². The molecule has 3 nitrogen and oxygen atoms in total. The van der Waals surface area contributed by atoms with Crippen molar-refractivity contribution in [1.82, 2.24) is 9.97 Å². The first-order valence-electron chi connectivity index (χ1n) is 6.42. The Kier molecular flexibility index (Phi) is 4.43. The van der Waals surface area contributed by atoms with Crippen molar-refractivity contribution in [1.29, 1.82) is 0 Å². The second-order valence-electron chi connectivity index (χ2n) is 4.55. The number of nitrogens with zero attached hydrogens (tertiary/aromatic N) is 2. The maximum Gasteiger partial charge on any atom is 0.133 e. The first-order valence-corrected chi connectivity index (χ1v) is 7.24. The Bertz CT molecular complexity index is 582. The molecule has 0 saturated heterocycles. The van der Waals surface area contributed by atoms with Gasteiger partial charge in [0.15, 0.2) is 0 Å². The normalized spacial score (nSPS) is 10.5. The Labute approximate surface area is 118 Å². The van der Waals surface area contributed by atoms with Gasteiger partial charge >= 0.3 is 0 Å². The summed E-state index contributed by atoms with van der Waals surface area (Å²) in [6, 6.07) is 6.49. The number of hydrogen-bond acceptors (Lipinski definition) is 4. The summed E-state index contributed by atoms with van der Waals surface area (Å²) < 4.78 is 0. The summed E-state index contributed by atoms with van der Waals surface area (Å²) in [6.07, 6.45) is 1.62. The minimum atomic E-state index is 0.867. The fourth-order valence-corrected chi connectivity index (χ4v) is 2.84. The molecule has 0 atom stereocenters. The summed E-state index contributed by atoms with van der Waals surface area (Å²) in [7, 11) is 0. The Morgan fingerprint density at radius 1 is 1.16 bits per heavy atom. The predicted molar refractivity (Wildman–Crippen MR) is 81.0 cm³/mol. The van der Waals surface area contributed by atoms with E-state index in [0.29, 0.717) is 0 Å². The summed E-state index contributed by atoms with van der Waals surface area (Å²) in [5.74, 6) is 0.922. The molecule has 1 N–H and O–H groups in total. The number of anilines is 1. The summed E-state index contributed by atoms with van der Waals surface area (Å²) in [4.78, 5) is 9.93. The number of aryl methyl sites for hydroxylation is 2. The second-order valence-corrected chi connectivity index (χ2v) is 5.58. The Morgan fingerprint density at radius 2 is 1.95 bits per heavy atom. The van der Waals surface area contributed by atoms with E-state index in [1.165, 1.54) is 16.0 Å². The third kappa shape index (κ3) is 3.26. The van der Waals surface area contributed by atoms with Crippen LogP contribution in [0.15, 0.2) is 34.4 Å². The monoisotopic (exact) mass is 273 g/mol. The average Bonchev–Trinajstić information content (AvgIpc) is 2.39. The molecule has 1 aromatic carbocycles. The second kappa shape index (κ2) is 6.06. The van der Waals surface area contributed by atoms with E-state index in [1.54, 1.807) is 18.1 Å². The van der Waals surface area contributed by atoms with Crippen molar-refractivity contribution in [3.63, 3.8) is 0 Å². The van der Waals surface area contributed by atoms with E-state index >= 15 is 0 Å². The quantitative estimate of drug-likeness (QED) is 0.855. The molecule has 0 saturated carbocycles. The molecule has 0 aliphatic rings. The third-order valence-electron chi connectivity index (χ3n) is 2.93. The van der Waals surface area contributed by atoms with Gasteiger partial charge in [0, 0.05) is 17.0 Å². The highest BCUT2D eigenvalue weighted by Crippen LogP contribution is 2.33. The van der Waals surface area contributed by atoms with Gasteiger partial charge in [-0.3, -0.25) is 0 Å². The van der Waals surface area contributed by atoms with Crippen molar-refractivity contribution in [2.24, 2.45) is 0 Å². The standard InChI is InChI=1S/C15H19N3S/c1-5-16-14-12(4)15(18-9-17-14)19-13-8-10(2)6-7-11(13)3/h6-9H,5H2,1-4H3,(H,16,17,18). The molecule has 2 aromatic rings. The van der Waals surface area contributed by atoms with Crippen LogP contribution < -0.4 is 5.32 Å². The lowest BCUT2D eigenvalue weighted by Crippen LogP contribution is -2.03.